The van der Waals surface area contributed by atoms with Crippen LogP contribution in [0, 0.1) is 18.7 Å². The molecule has 0 radical (unpaired) electrons. The van der Waals surface area contributed by atoms with Crippen molar-refractivity contribution < 1.29 is 13.9 Å². The number of aromatic nitrogens is 3. The zero-order valence-electron chi connectivity index (χ0n) is 19.8. The lowest BCUT2D eigenvalue weighted by Crippen LogP contribution is -2.27. The molecule has 1 saturated carbocycles. The van der Waals surface area contributed by atoms with E-state index in [0.29, 0.717) is 11.3 Å². The van der Waals surface area contributed by atoms with E-state index in [1.165, 1.54) is 19.2 Å². The van der Waals surface area contributed by atoms with Gasteiger partial charge < -0.3 is 15.4 Å². The van der Waals surface area contributed by atoms with Crippen LogP contribution in [0.2, 0.25) is 0 Å². The molecule has 1 aliphatic carbocycles. The lowest BCUT2D eigenvalue weighted by atomic mass is 9.85. The number of anilines is 1. The van der Waals surface area contributed by atoms with E-state index >= 15 is 0 Å². The fourth-order valence-electron chi connectivity index (χ4n) is 5.47. The number of aryl methyl sites for hydroxylation is 1. The van der Waals surface area contributed by atoms with Crippen LogP contribution in [-0.2, 0) is 0 Å². The zero-order chi connectivity index (χ0) is 23.8. The summed E-state index contributed by atoms with van der Waals surface area (Å²) in [5.41, 5.74) is 9.44. The number of Topliss-reactive ketones (excluding diaryl/α,β-unsaturated/α-hetero) is 1. The minimum atomic E-state index is -0.407. The molecule has 1 aliphatic heterocycles. The van der Waals surface area contributed by atoms with Crippen LogP contribution >= 0.6 is 0 Å². The molecule has 1 unspecified atom stereocenters. The summed E-state index contributed by atoms with van der Waals surface area (Å²) in [6.45, 7) is 3.80. The highest BCUT2D eigenvalue weighted by molar-refractivity contribution is 6.00. The Morgan fingerprint density at radius 1 is 1.21 bits per heavy atom. The fraction of sp³-hybridized carbons (Fsp3) is 0.500. The fourth-order valence-corrected chi connectivity index (χ4v) is 5.47. The highest BCUT2D eigenvalue weighted by Crippen LogP contribution is 2.37. The van der Waals surface area contributed by atoms with Gasteiger partial charge in [0.15, 0.2) is 11.4 Å². The number of hydrogen-bond donors (Lipinski definition) is 1. The number of nitrogens with two attached hydrogens (primary N) is 1. The Bertz CT molecular complexity index is 1210. The van der Waals surface area contributed by atoms with E-state index in [1.54, 1.807) is 6.07 Å². The maximum Gasteiger partial charge on any atom is 0.169 e. The van der Waals surface area contributed by atoms with Crippen molar-refractivity contribution in [2.75, 3.05) is 25.1 Å². The molecule has 180 valence electrons. The average Bonchev–Trinajstić information content (AvgIpc) is 3.35. The highest BCUT2D eigenvalue weighted by atomic mass is 19.1. The minimum Gasteiger partial charge on any atom is -0.496 e. The lowest BCUT2D eigenvalue weighted by Gasteiger charge is -2.19. The summed E-state index contributed by atoms with van der Waals surface area (Å²) in [6, 6.07) is 6.40. The predicted octanol–water partition coefficient (Wildman–Crippen LogP) is 4.27. The largest absolute Gasteiger partial charge is 0.496 e. The number of methoxy groups -OCH3 is 1. The summed E-state index contributed by atoms with van der Waals surface area (Å²) in [7, 11) is 1.47. The first kappa shape index (κ1) is 22.8. The monoisotopic (exact) mass is 465 g/mol. The molecule has 1 saturated heterocycles. The Labute approximate surface area is 199 Å². The number of carbonyl (C=O) groups is 1. The normalized spacial score (nSPS) is 23.3. The second kappa shape index (κ2) is 9.33. The molecule has 7 nitrogen and oxygen atoms in total. The Kier molecular flexibility index (Phi) is 6.25. The van der Waals surface area contributed by atoms with Crippen molar-refractivity contribution in [1.29, 1.82) is 0 Å². The minimum absolute atomic E-state index is 0.0224. The van der Waals surface area contributed by atoms with Gasteiger partial charge in [0.1, 0.15) is 17.4 Å². The molecule has 3 heterocycles. The summed E-state index contributed by atoms with van der Waals surface area (Å²) < 4.78 is 20.8. The molecule has 34 heavy (non-hydrogen) atoms. The van der Waals surface area contributed by atoms with Crippen LogP contribution in [0.3, 0.4) is 0 Å². The van der Waals surface area contributed by atoms with Crippen molar-refractivity contribution in [2.24, 2.45) is 11.7 Å². The van der Waals surface area contributed by atoms with Crippen molar-refractivity contribution in [3.8, 4) is 5.75 Å². The first-order chi connectivity index (χ1) is 16.4. The molecule has 0 amide bonds. The van der Waals surface area contributed by atoms with Gasteiger partial charge >= 0.3 is 0 Å². The number of benzene rings is 1. The van der Waals surface area contributed by atoms with E-state index in [2.05, 4.69) is 17.9 Å². The van der Waals surface area contributed by atoms with E-state index in [1.807, 2.05) is 10.7 Å². The topological polar surface area (TPSA) is 85.8 Å². The number of hydrogen-bond acceptors (Lipinski definition) is 6. The zero-order valence-corrected chi connectivity index (χ0v) is 19.8. The number of ether oxygens (including phenoxy) is 1. The van der Waals surface area contributed by atoms with Gasteiger partial charge in [0, 0.05) is 54.9 Å². The standard InChI is InChI=1S/C26H32FN5O2/c1-16-14-32-24(29-26(16)31-10-9-20(28)15-31)13-22(30-32)17-5-3-4-6-18(11-17)25(33)21-8-7-19(27)12-23(21)34-2/h7-8,12-14,17-18,20H,3-6,9-11,15,28H2,1-2H3/t17-,18?,20+/m1/s1. The van der Waals surface area contributed by atoms with Gasteiger partial charge in [-0.05, 0) is 44.7 Å². The molecule has 0 bridgehead atoms. The van der Waals surface area contributed by atoms with E-state index < -0.39 is 5.82 Å². The van der Waals surface area contributed by atoms with Gasteiger partial charge in [0.05, 0.1) is 18.4 Å². The van der Waals surface area contributed by atoms with Crippen LogP contribution in [-0.4, -0.2) is 46.6 Å². The van der Waals surface area contributed by atoms with Crippen LogP contribution in [0.1, 0.15) is 66.1 Å². The van der Waals surface area contributed by atoms with Crippen LogP contribution in [0.5, 0.6) is 5.75 Å². The maximum absolute atomic E-state index is 13.6. The van der Waals surface area contributed by atoms with Crippen molar-refractivity contribution >= 4 is 17.2 Å². The van der Waals surface area contributed by atoms with Crippen LogP contribution < -0.4 is 15.4 Å². The van der Waals surface area contributed by atoms with Crippen molar-refractivity contribution in [3.05, 3.63) is 53.1 Å². The van der Waals surface area contributed by atoms with E-state index in [-0.39, 0.29) is 23.7 Å². The number of carbonyl (C=O) groups excluding carboxylic acids is 1. The Hall–Kier alpha value is -3.00. The molecule has 8 heteroatoms. The SMILES string of the molecule is COc1cc(F)ccc1C(=O)C1CCCC[C@@H](c2cc3nc(N4CC[C@H](N)C4)c(C)cn3n2)C1. The van der Waals surface area contributed by atoms with Gasteiger partial charge in [0.2, 0.25) is 0 Å². The number of ketones is 1. The molecule has 2 aromatic heterocycles. The van der Waals surface area contributed by atoms with Gasteiger partial charge in [-0.2, -0.15) is 5.10 Å². The third-order valence-electron chi connectivity index (χ3n) is 7.29. The number of rotatable bonds is 5. The molecule has 2 N–H and O–H groups in total. The highest BCUT2D eigenvalue weighted by Gasteiger charge is 2.30. The van der Waals surface area contributed by atoms with Crippen LogP contribution in [0.4, 0.5) is 10.2 Å². The third-order valence-corrected chi connectivity index (χ3v) is 7.29. The van der Waals surface area contributed by atoms with E-state index in [9.17, 15) is 9.18 Å². The van der Waals surface area contributed by atoms with Gasteiger partial charge in [-0.1, -0.05) is 12.8 Å². The quantitative estimate of drug-likeness (QED) is 0.447. The average molecular weight is 466 g/mol. The van der Waals surface area contributed by atoms with Crippen molar-refractivity contribution in [3.63, 3.8) is 0 Å². The Balaban J connectivity index is 1.40. The summed E-state index contributed by atoms with van der Waals surface area (Å²) in [4.78, 5) is 20.6. The van der Waals surface area contributed by atoms with Crippen LogP contribution in [0.15, 0.2) is 30.5 Å². The maximum atomic E-state index is 13.6. The first-order valence-corrected chi connectivity index (χ1v) is 12.2. The first-order valence-electron chi connectivity index (χ1n) is 12.2. The van der Waals surface area contributed by atoms with E-state index in [0.717, 1.165) is 74.3 Å². The third kappa shape index (κ3) is 4.39. The smallest absolute Gasteiger partial charge is 0.169 e. The van der Waals surface area contributed by atoms with Crippen molar-refractivity contribution in [2.45, 2.75) is 57.4 Å². The number of fused-ring (bicyclic) bond motifs is 1. The number of nitrogens with zero attached hydrogens (tertiary/aromatic N) is 4. The molecular formula is C26H32FN5O2. The van der Waals surface area contributed by atoms with Gasteiger partial charge in [-0.3, -0.25) is 4.79 Å². The Morgan fingerprint density at radius 3 is 2.79 bits per heavy atom. The Morgan fingerprint density at radius 2 is 2.03 bits per heavy atom. The summed E-state index contributed by atoms with van der Waals surface area (Å²) >= 11 is 0. The predicted molar refractivity (Wildman–Crippen MR) is 129 cm³/mol. The van der Waals surface area contributed by atoms with E-state index in [4.69, 9.17) is 20.6 Å². The molecule has 1 aromatic carbocycles. The summed E-state index contributed by atoms with van der Waals surface area (Å²) in [5.74, 6) is 0.919. The second-order valence-corrected chi connectivity index (χ2v) is 9.74. The summed E-state index contributed by atoms with van der Waals surface area (Å²) in [5, 5.41) is 4.86. The number of halogens is 1. The molecule has 2 aliphatic rings. The molecule has 3 aromatic rings. The second-order valence-electron chi connectivity index (χ2n) is 9.74. The molecule has 2 fully saturated rings. The van der Waals surface area contributed by atoms with Gasteiger partial charge in [-0.15, -0.1) is 0 Å². The molecule has 0 spiro atoms. The molecular weight excluding hydrogens is 433 g/mol. The lowest BCUT2D eigenvalue weighted by molar-refractivity contribution is 0.0901. The van der Waals surface area contributed by atoms with Gasteiger partial charge in [0.25, 0.3) is 0 Å². The summed E-state index contributed by atoms with van der Waals surface area (Å²) in [6.07, 6.45) is 7.57. The molecule has 5 rings (SSSR count). The van der Waals surface area contributed by atoms with Crippen LogP contribution in [0.25, 0.3) is 5.65 Å². The molecule has 3 atom stereocenters. The van der Waals surface area contributed by atoms with Crippen molar-refractivity contribution in [1.82, 2.24) is 14.6 Å². The van der Waals surface area contributed by atoms with Gasteiger partial charge in [-0.25, -0.2) is 13.9 Å².